The highest BCUT2D eigenvalue weighted by Gasteiger charge is 2.37. The van der Waals surface area contributed by atoms with Crippen molar-refractivity contribution in [2.75, 3.05) is 7.11 Å². The SMILES string of the molecule is COC(=O)CC#Cc1c(C(F)(F)F)n[nH]c1C. The van der Waals surface area contributed by atoms with Crippen LogP contribution in [-0.4, -0.2) is 23.3 Å². The van der Waals surface area contributed by atoms with Gasteiger partial charge in [0.25, 0.3) is 0 Å². The predicted molar refractivity (Wildman–Crippen MR) is 51.8 cm³/mol. The number of methoxy groups -OCH3 is 1. The normalized spacial score (nSPS) is 10.6. The zero-order valence-corrected chi connectivity index (χ0v) is 9.10. The molecular weight excluding hydrogens is 237 g/mol. The number of H-pyrrole nitrogens is 1. The number of nitrogens with zero attached hydrogens (tertiary/aromatic N) is 1. The molecule has 0 spiro atoms. The number of hydrogen-bond acceptors (Lipinski definition) is 3. The first-order valence-electron chi connectivity index (χ1n) is 4.54. The van der Waals surface area contributed by atoms with Gasteiger partial charge in [-0.15, -0.1) is 0 Å². The van der Waals surface area contributed by atoms with E-state index in [9.17, 15) is 18.0 Å². The Balaban J connectivity index is 2.98. The van der Waals surface area contributed by atoms with Crippen LogP contribution in [0, 0.1) is 18.8 Å². The van der Waals surface area contributed by atoms with E-state index in [2.05, 4.69) is 26.8 Å². The fraction of sp³-hybridized carbons (Fsp3) is 0.400. The number of nitrogens with one attached hydrogen (secondary N) is 1. The van der Waals surface area contributed by atoms with Gasteiger partial charge in [0.05, 0.1) is 12.7 Å². The molecule has 0 bridgehead atoms. The maximum Gasteiger partial charge on any atom is 0.436 e. The number of halogens is 3. The van der Waals surface area contributed by atoms with Gasteiger partial charge in [-0.25, -0.2) is 0 Å². The topological polar surface area (TPSA) is 55.0 Å². The Morgan fingerprint density at radius 2 is 2.18 bits per heavy atom. The van der Waals surface area contributed by atoms with Gasteiger partial charge in [-0.2, -0.15) is 18.3 Å². The third-order valence-electron chi connectivity index (χ3n) is 1.89. The zero-order valence-electron chi connectivity index (χ0n) is 9.10. The minimum atomic E-state index is -4.57. The minimum absolute atomic E-state index is 0.203. The quantitative estimate of drug-likeness (QED) is 0.605. The number of hydrogen-bond donors (Lipinski definition) is 1. The molecule has 4 nitrogen and oxygen atoms in total. The van der Waals surface area contributed by atoms with E-state index in [0.717, 1.165) is 0 Å². The van der Waals surface area contributed by atoms with Gasteiger partial charge in [0.15, 0.2) is 5.69 Å². The Kier molecular flexibility index (Phi) is 3.78. The van der Waals surface area contributed by atoms with E-state index in [0.29, 0.717) is 0 Å². The molecule has 1 N–H and O–H groups in total. The van der Waals surface area contributed by atoms with Gasteiger partial charge in [-0.3, -0.25) is 9.89 Å². The third kappa shape index (κ3) is 3.24. The van der Waals surface area contributed by atoms with Crippen LogP contribution in [0.3, 0.4) is 0 Å². The molecule has 0 aliphatic heterocycles. The maximum atomic E-state index is 12.5. The van der Waals surface area contributed by atoms with Crippen molar-refractivity contribution >= 4 is 5.97 Å². The van der Waals surface area contributed by atoms with Crippen LogP contribution in [-0.2, 0) is 15.7 Å². The lowest BCUT2D eigenvalue weighted by Gasteiger charge is -2.01. The van der Waals surface area contributed by atoms with Crippen LogP contribution in [0.1, 0.15) is 23.4 Å². The molecule has 1 aromatic heterocycles. The molecular formula is C10H9F3N2O2. The molecule has 0 aliphatic carbocycles. The minimum Gasteiger partial charge on any atom is -0.468 e. The molecule has 0 saturated carbocycles. The summed E-state index contributed by atoms with van der Waals surface area (Å²) in [7, 11) is 1.17. The van der Waals surface area contributed by atoms with Crippen molar-refractivity contribution in [3.05, 3.63) is 17.0 Å². The average Bonchev–Trinajstić information content (AvgIpc) is 2.59. The van der Waals surface area contributed by atoms with E-state index >= 15 is 0 Å². The predicted octanol–water partition coefficient (Wildman–Crippen LogP) is 1.65. The van der Waals surface area contributed by atoms with E-state index in [1.807, 2.05) is 0 Å². The van der Waals surface area contributed by atoms with Crippen LogP contribution >= 0.6 is 0 Å². The van der Waals surface area contributed by atoms with E-state index in [1.165, 1.54) is 14.0 Å². The summed E-state index contributed by atoms with van der Waals surface area (Å²) in [5, 5.41) is 5.34. The number of aromatic nitrogens is 2. The standard InChI is InChI=1S/C10H9F3N2O2/c1-6-7(4-3-5-8(16)17-2)9(15-14-6)10(11,12)13/h5H2,1-2H3,(H,14,15). The van der Waals surface area contributed by atoms with Gasteiger partial charge < -0.3 is 4.74 Å². The van der Waals surface area contributed by atoms with Crippen molar-refractivity contribution in [2.45, 2.75) is 19.5 Å². The Hall–Kier alpha value is -1.97. The summed E-state index contributed by atoms with van der Waals surface area (Å²) >= 11 is 0. The monoisotopic (exact) mass is 246 g/mol. The lowest BCUT2D eigenvalue weighted by Crippen LogP contribution is -2.07. The Morgan fingerprint density at radius 3 is 2.71 bits per heavy atom. The first-order chi connectivity index (χ1) is 7.86. The Morgan fingerprint density at radius 1 is 1.53 bits per heavy atom. The second-order valence-corrected chi connectivity index (χ2v) is 3.12. The Labute approximate surface area is 95.2 Å². The number of carbonyl (C=O) groups is 1. The summed E-state index contributed by atoms with van der Waals surface area (Å²) in [5.74, 6) is 3.97. The first kappa shape index (κ1) is 13.1. The van der Waals surface area contributed by atoms with E-state index in [1.54, 1.807) is 0 Å². The number of ether oxygens (including phenoxy) is 1. The summed E-state index contributed by atoms with van der Waals surface area (Å²) in [6.45, 7) is 1.42. The number of carbonyl (C=O) groups excluding carboxylic acids is 1. The summed E-state index contributed by atoms with van der Waals surface area (Å²) in [5.41, 5.74) is -1.12. The highest BCUT2D eigenvalue weighted by atomic mass is 19.4. The van der Waals surface area contributed by atoms with Crippen molar-refractivity contribution in [1.29, 1.82) is 0 Å². The largest absolute Gasteiger partial charge is 0.468 e. The number of rotatable bonds is 1. The molecule has 17 heavy (non-hydrogen) atoms. The van der Waals surface area contributed by atoms with Crippen LogP contribution in [0.25, 0.3) is 0 Å². The Bertz CT molecular complexity index is 480. The van der Waals surface area contributed by atoms with E-state index in [-0.39, 0.29) is 17.7 Å². The molecule has 0 amide bonds. The fourth-order valence-corrected chi connectivity index (χ4v) is 1.06. The van der Waals surface area contributed by atoms with Crippen LogP contribution in [0.5, 0.6) is 0 Å². The van der Waals surface area contributed by atoms with Gasteiger partial charge in [-0.05, 0) is 6.92 Å². The zero-order chi connectivity index (χ0) is 13.1. The molecule has 0 radical (unpaired) electrons. The van der Waals surface area contributed by atoms with Crippen molar-refractivity contribution in [3.8, 4) is 11.8 Å². The van der Waals surface area contributed by atoms with Gasteiger partial charge in [0, 0.05) is 5.69 Å². The van der Waals surface area contributed by atoms with Crippen molar-refractivity contribution in [1.82, 2.24) is 10.2 Å². The second kappa shape index (κ2) is 4.91. The van der Waals surface area contributed by atoms with Crippen LogP contribution < -0.4 is 0 Å². The molecule has 1 rings (SSSR count). The lowest BCUT2D eigenvalue weighted by atomic mass is 10.2. The summed E-state index contributed by atoms with van der Waals surface area (Å²) < 4.78 is 41.7. The molecule has 92 valence electrons. The van der Waals surface area contributed by atoms with Gasteiger partial charge in [0.2, 0.25) is 0 Å². The molecule has 0 unspecified atom stereocenters. The first-order valence-corrected chi connectivity index (χ1v) is 4.54. The number of aryl methyl sites for hydroxylation is 1. The number of esters is 1. The second-order valence-electron chi connectivity index (χ2n) is 3.12. The van der Waals surface area contributed by atoms with Gasteiger partial charge >= 0.3 is 12.1 Å². The highest BCUT2D eigenvalue weighted by Crippen LogP contribution is 2.30. The maximum absolute atomic E-state index is 12.5. The smallest absolute Gasteiger partial charge is 0.436 e. The molecule has 0 aromatic carbocycles. The van der Waals surface area contributed by atoms with Crippen molar-refractivity contribution in [2.24, 2.45) is 0 Å². The summed E-state index contributed by atoms with van der Waals surface area (Å²) in [6, 6.07) is 0. The highest BCUT2D eigenvalue weighted by molar-refractivity contribution is 5.72. The van der Waals surface area contributed by atoms with Crippen LogP contribution in [0.15, 0.2) is 0 Å². The molecule has 0 fully saturated rings. The van der Waals surface area contributed by atoms with Crippen LogP contribution in [0.2, 0.25) is 0 Å². The van der Waals surface area contributed by atoms with Crippen LogP contribution in [0.4, 0.5) is 13.2 Å². The lowest BCUT2D eigenvalue weighted by molar-refractivity contribution is -0.141. The van der Waals surface area contributed by atoms with E-state index < -0.39 is 17.8 Å². The molecule has 1 aromatic rings. The fourth-order valence-electron chi connectivity index (χ4n) is 1.06. The average molecular weight is 246 g/mol. The van der Waals surface area contributed by atoms with Crippen molar-refractivity contribution < 1.29 is 22.7 Å². The number of aromatic amines is 1. The molecule has 7 heteroatoms. The van der Waals surface area contributed by atoms with Crippen molar-refractivity contribution in [3.63, 3.8) is 0 Å². The molecule has 1 heterocycles. The molecule has 0 aliphatic rings. The van der Waals surface area contributed by atoms with Gasteiger partial charge in [0.1, 0.15) is 6.42 Å². The summed E-state index contributed by atoms with van der Waals surface area (Å²) in [6.07, 6.45) is -4.83. The van der Waals surface area contributed by atoms with E-state index in [4.69, 9.17) is 0 Å². The number of alkyl halides is 3. The van der Waals surface area contributed by atoms with Gasteiger partial charge in [-0.1, -0.05) is 11.8 Å². The third-order valence-corrected chi connectivity index (χ3v) is 1.89. The molecule has 0 atom stereocenters. The molecule has 0 saturated heterocycles. The summed E-state index contributed by atoms with van der Waals surface area (Å²) in [4.78, 5) is 10.7.